The summed E-state index contributed by atoms with van der Waals surface area (Å²) >= 11 is 0. The lowest BCUT2D eigenvalue weighted by Gasteiger charge is -2.03. The van der Waals surface area contributed by atoms with Crippen molar-refractivity contribution < 1.29 is 9.52 Å². The van der Waals surface area contributed by atoms with Crippen LogP contribution in [-0.4, -0.2) is 5.11 Å². The third kappa shape index (κ3) is 2.14. The predicted octanol–water partition coefficient (Wildman–Crippen LogP) is 2.03. The molecule has 0 aliphatic carbocycles. The van der Waals surface area contributed by atoms with Gasteiger partial charge in [-0.05, 0) is 19.4 Å². The molecule has 0 saturated heterocycles. The summed E-state index contributed by atoms with van der Waals surface area (Å²) in [5.41, 5.74) is 0.808. The van der Waals surface area contributed by atoms with Crippen molar-refractivity contribution >= 4 is 0 Å². The van der Waals surface area contributed by atoms with Crippen molar-refractivity contribution in [2.75, 3.05) is 0 Å². The fourth-order valence-corrected chi connectivity index (χ4v) is 1.03. The van der Waals surface area contributed by atoms with Crippen LogP contribution in [0.5, 0.6) is 0 Å². The maximum atomic E-state index is 9.51. The summed E-state index contributed by atoms with van der Waals surface area (Å²) in [5.74, 6) is 3.29. The van der Waals surface area contributed by atoms with E-state index >= 15 is 0 Å². The van der Waals surface area contributed by atoms with Crippen LogP contribution in [0.1, 0.15) is 30.3 Å². The van der Waals surface area contributed by atoms with Crippen LogP contribution in [0.25, 0.3) is 0 Å². The highest BCUT2D eigenvalue weighted by Gasteiger charge is 2.08. The summed E-state index contributed by atoms with van der Waals surface area (Å²) < 4.78 is 5.05. The number of aryl methyl sites for hydroxylation is 1. The van der Waals surface area contributed by atoms with Gasteiger partial charge < -0.3 is 9.52 Å². The number of rotatable bonds is 3. The number of hydrogen-bond donors (Lipinski definition) is 1. The molecule has 0 aliphatic rings. The summed E-state index contributed by atoms with van der Waals surface area (Å²) in [6.07, 6.45) is 7.34. The molecule has 0 spiro atoms. The maximum Gasteiger partial charge on any atom is 0.101 e. The van der Waals surface area contributed by atoms with Crippen LogP contribution in [0.3, 0.4) is 0 Å². The van der Waals surface area contributed by atoms with Crippen LogP contribution >= 0.6 is 0 Å². The minimum Gasteiger partial charge on any atom is -0.469 e. The second-order valence-electron chi connectivity index (χ2n) is 2.75. The fourth-order valence-electron chi connectivity index (χ4n) is 1.03. The minimum atomic E-state index is -0.488. The topological polar surface area (TPSA) is 33.4 Å². The zero-order valence-corrected chi connectivity index (χ0v) is 7.08. The molecule has 2 heteroatoms. The van der Waals surface area contributed by atoms with Gasteiger partial charge in [0.1, 0.15) is 5.76 Å². The number of aliphatic hydroxyl groups excluding tert-OH is 1. The van der Waals surface area contributed by atoms with Gasteiger partial charge in [0.05, 0.1) is 12.4 Å². The van der Waals surface area contributed by atoms with Crippen molar-refractivity contribution in [3.8, 4) is 12.3 Å². The number of terminal acetylenes is 1. The van der Waals surface area contributed by atoms with Crippen LogP contribution in [0.2, 0.25) is 0 Å². The smallest absolute Gasteiger partial charge is 0.101 e. The lowest BCUT2D eigenvalue weighted by atomic mass is 10.1. The van der Waals surface area contributed by atoms with E-state index in [0.29, 0.717) is 12.8 Å². The van der Waals surface area contributed by atoms with Crippen LogP contribution in [0.4, 0.5) is 0 Å². The van der Waals surface area contributed by atoms with Crippen molar-refractivity contribution in [3.63, 3.8) is 0 Å². The van der Waals surface area contributed by atoms with Crippen LogP contribution in [0.15, 0.2) is 16.7 Å². The summed E-state index contributed by atoms with van der Waals surface area (Å²) in [4.78, 5) is 0. The van der Waals surface area contributed by atoms with E-state index in [9.17, 15) is 5.11 Å². The molecule has 0 saturated carbocycles. The van der Waals surface area contributed by atoms with E-state index in [2.05, 4.69) is 5.92 Å². The monoisotopic (exact) mass is 164 g/mol. The molecule has 0 aromatic carbocycles. The Balaban J connectivity index is 2.54. The van der Waals surface area contributed by atoms with Gasteiger partial charge in [0, 0.05) is 12.0 Å². The Kier molecular flexibility index (Phi) is 2.95. The minimum absolute atomic E-state index is 0.488. The number of hydrogen-bond acceptors (Lipinski definition) is 2. The van der Waals surface area contributed by atoms with E-state index in [1.807, 2.05) is 13.0 Å². The van der Waals surface area contributed by atoms with E-state index in [4.69, 9.17) is 10.8 Å². The molecule has 12 heavy (non-hydrogen) atoms. The molecule has 0 fully saturated rings. The average molecular weight is 164 g/mol. The highest BCUT2D eigenvalue weighted by Crippen LogP contribution is 2.19. The van der Waals surface area contributed by atoms with Crippen LogP contribution < -0.4 is 0 Å². The maximum absolute atomic E-state index is 9.51. The van der Waals surface area contributed by atoms with Gasteiger partial charge in [0.2, 0.25) is 0 Å². The van der Waals surface area contributed by atoms with Gasteiger partial charge in [0.15, 0.2) is 0 Å². The van der Waals surface area contributed by atoms with E-state index < -0.39 is 6.10 Å². The average Bonchev–Trinajstić information content (AvgIpc) is 2.47. The summed E-state index contributed by atoms with van der Waals surface area (Å²) in [5, 5.41) is 9.51. The largest absolute Gasteiger partial charge is 0.469 e. The summed E-state index contributed by atoms with van der Waals surface area (Å²) in [6, 6.07) is 1.82. The van der Waals surface area contributed by atoms with Crippen molar-refractivity contribution in [2.24, 2.45) is 0 Å². The number of aliphatic hydroxyl groups is 1. The highest BCUT2D eigenvalue weighted by atomic mass is 16.3. The second-order valence-corrected chi connectivity index (χ2v) is 2.75. The fraction of sp³-hybridized carbons (Fsp3) is 0.400. The van der Waals surface area contributed by atoms with Gasteiger partial charge in [-0.2, -0.15) is 0 Å². The van der Waals surface area contributed by atoms with Crippen molar-refractivity contribution in [1.82, 2.24) is 0 Å². The van der Waals surface area contributed by atoms with Crippen molar-refractivity contribution in [3.05, 3.63) is 23.7 Å². The van der Waals surface area contributed by atoms with Crippen molar-refractivity contribution in [1.29, 1.82) is 0 Å². The third-order valence-electron chi connectivity index (χ3n) is 1.70. The molecule has 1 aromatic rings. The molecule has 1 unspecified atom stereocenters. The first-order valence-corrected chi connectivity index (χ1v) is 3.90. The van der Waals surface area contributed by atoms with Gasteiger partial charge in [-0.1, -0.05) is 0 Å². The van der Waals surface area contributed by atoms with Gasteiger partial charge in [-0.25, -0.2) is 0 Å². The first-order chi connectivity index (χ1) is 5.74. The zero-order valence-electron chi connectivity index (χ0n) is 7.08. The SMILES string of the molecule is C#CCCC(O)c1coc(C)c1. The predicted molar refractivity (Wildman–Crippen MR) is 46.5 cm³/mol. The van der Waals surface area contributed by atoms with Gasteiger partial charge in [-0.15, -0.1) is 12.3 Å². The van der Waals surface area contributed by atoms with E-state index in [0.717, 1.165) is 11.3 Å². The molecule has 1 aromatic heterocycles. The molecule has 0 amide bonds. The molecule has 1 heterocycles. The first kappa shape index (κ1) is 8.89. The number of furan rings is 1. The molecule has 1 atom stereocenters. The highest BCUT2D eigenvalue weighted by molar-refractivity contribution is 5.14. The normalized spacial score (nSPS) is 12.4. The van der Waals surface area contributed by atoms with Crippen LogP contribution in [0, 0.1) is 19.3 Å². The molecule has 1 rings (SSSR count). The van der Waals surface area contributed by atoms with Gasteiger partial charge in [0.25, 0.3) is 0 Å². The van der Waals surface area contributed by atoms with Crippen LogP contribution in [-0.2, 0) is 0 Å². The van der Waals surface area contributed by atoms with E-state index in [1.165, 1.54) is 0 Å². The van der Waals surface area contributed by atoms with Gasteiger partial charge >= 0.3 is 0 Å². The van der Waals surface area contributed by atoms with Gasteiger partial charge in [-0.3, -0.25) is 0 Å². The molecule has 0 radical (unpaired) electrons. The summed E-state index contributed by atoms with van der Waals surface area (Å²) in [7, 11) is 0. The van der Waals surface area contributed by atoms with E-state index in [1.54, 1.807) is 6.26 Å². The third-order valence-corrected chi connectivity index (χ3v) is 1.70. The summed E-state index contributed by atoms with van der Waals surface area (Å²) in [6.45, 7) is 1.84. The van der Waals surface area contributed by atoms with E-state index in [-0.39, 0.29) is 0 Å². The standard InChI is InChI=1S/C10H12O2/c1-3-4-5-10(11)9-6-8(2)12-7-9/h1,6-7,10-11H,4-5H2,2H3. The quantitative estimate of drug-likeness (QED) is 0.693. The Morgan fingerprint density at radius 1 is 1.75 bits per heavy atom. The lowest BCUT2D eigenvalue weighted by molar-refractivity contribution is 0.168. The Morgan fingerprint density at radius 3 is 3.00 bits per heavy atom. The molecule has 1 N–H and O–H groups in total. The Bertz CT molecular complexity index is 280. The molecular formula is C10H12O2. The first-order valence-electron chi connectivity index (χ1n) is 3.90. The molecule has 0 bridgehead atoms. The van der Waals surface area contributed by atoms with Crippen molar-refractivity contribution in [2.45, 2.75) is 25.9 Å². The Labute approximate surface area is 72.2 Å². The molecule has 0 aliphatic heterocycles. The zero-order chi connectivity index (χ0) is 8.97. The molecular weight excluding hydrogens is 152 g/mol. The second kappa shape index (κ2) is 3.99. The Hall–Kier alpha value is -1.20. The lowest BCUT2D eigenvalue weighted by Crippen LogP contribution is -1.93. The Morgan fingerprint density at radius 2 is 2.50 bits per heavy atom. The molecule has 2 nitrogen and oxygen atoms in total. The molecule has 64 valence electrons.